The quantitative estimate of drug-likeness (QED) is 0.128. The molecule has 2 heterocycles. The molecule has 5 aromatic rings. The zero-order chi connectivity index (χ0) is 26.5. The van der Waals surface area contributed by atoms with Crippen molar-refractivity contribution in [1.29, 1.82) is 0 Å². The number of fused-ring (bicyclic) bond motifs is 1. The van der Waals surface area contributed by atoms with E-state index in [0.29, 0.717) is 40.0 Å². The molecule has 8 nitrogen and oxygen atoms in total. The number of aromatic nitrogens is 3. The van der Waals surface area contributed by atoms with E-state index in [1.165, 1.54) is 11.8 Å². The summed E-state index contributed by atoms with van der Waals surface area (Å²) in [6.45, 7) is 7.96. The number of methoxy groups -OCH3 is 1. The minimum Gasteiger partial charge on any atom is -0.506 e. The highest BCUT2D eigenvalue weighted by atomic mass is 32.2. The normalized spacial score (nSPS) is 10.7. The summed E-state index contributed by atoms with van der Waals surface area (Å²) in [4.78, 5) is 27.9. The van der Waals surface area contributed by atoms with E-state index in [-0.39, 0.29) is 11.4 Å². The number of ether oxygens (including phenoxy) is 1. The molecule has 188 valence electrons. The summed E-state index contributed by atoms with van der Waals surface area (Å²) >= 11 is 1.38. The van der Waals surface area contributed by atoms with E-state index < -0.39 is 5.56 Å². The number of para-hydroxylation sites is 1. The van der Waals surface area contributed by atoms with Crippen LogP contribution in [0.15, 0.2) is 88.8 Å². The van der Waals surface area contributed by atoms with Crippen molar-refractivity contribution in [2.24, 2.45) is 0 Å². The van der Waals surface area contributed by atoms with Crippen molar-refractivity contribution in [3.8, 4) is 22.8 Å². The Balaban J connectivity index is 1.30. The van der Waals surface area contributed by atoms with Gasteiger partial charge in [0.2, 0.25) is 0 Å². The number of thioether (sulfide) groups is 1. The number of hydrogen-bond acceptors (Lipinski definition) is 7. The van der Waals surface area contributed by atoms with Crippen molar-refractivity contribution >= 4 is 34.0 Å². The Labute approximate surface area is 223 Å². The van der Waals surface area contributed by atoms with Crippen LogP contribution in [0.2, 0.25) is 0 Å². The lowest BCUT2D eigenvalue weighted by Crippen LogP contribution is -2.09. The summed E-state index contributed by atoms with van der Waals surface area (Å²) in [6.07, 6.45) is 0. The number of phenolic OH excluding ortho intramolecular Hbond substituents is 1. The van der Waals surface area contributed by atoms with Gasteiger partial charge < -0.3 is 20.1 Å². The lowest BCUT2D eigenvalue weighted by Gasteiger charge is -2.10. The number of aromatic hydroxyl groups is 1. The summed E-state index contributed by atoms with van der Waals surface area (Å²) in [5, 5.41) is 14.8. The van der Waals surface area contributed by atoms with Gasteiger partial charge in [-0.2, -0.15) is 0 Å². The summed E-state index contributed by atoms with van der Waals surface area (Å²) in [7, 11) is 1.56. The van der Waals surface area contributed by atoms with Crippen LogP contribution in [0.25, 0.3) is 27.0 Å². The largest absolute Gasteiger partial charge is 0.506 e. The summed E-state index contributed by atoms with van der Waals surface area (Å²) in [5.74, 6) is 1.35. The van der Waals surface area contributed by atoms with Crippen LogP contribution in [0.5, 0.6) is 11.5 Å². The Kier molecular flexibility index (Phi) is 7.24. The third-order valence-corrected chi connectivity index (χ3v) is 6.81. The van der Waals surface area contributed by atoms with Crippen LogP contribution >= 0.6 is 11.8 Å². The zero-order valence-electron chi connectivity index (χ0n) is 20.4. The van der Waals surface area contributed by atoms with Gasteiger partial charge in [-0.15, -0.1) is 0 Å². The molecule has 3 aromatic carbocycles. The Morgan fingerprint density at radius 3 is 2.74 bits per heavy atom. The maximum atomic E-state index is 12.6. The van der Waals surface area contributed by atoms with Gasteiger partial charge in [0.15, 0.2) is 5.16 Å². The van der Waals surface area contributed by atoms with Gasteiger partial charge in [0.1, 0.15) is 17.0 Å². The van der Waals surface area contributed by atoms with Crippen LogP contribution < -0.4 is 15.6 Å². The molecule has 0 bridgehead atoms. The van der Waals surface area contributed by atoms with E-state index in [1.807, 2.05) is 42.5 Å². The van der Waals surface area contributed by atoms with Crippen molar-refractivity contribution in [2.45, 2.75) is 17.5 Å². The molecule has 0 radical (unpaired) electrons. The minimum absolute atomic E-state index is 0.0515. The van der Waals surface area contributed by atoms with Gasteiger partial charge in [0.05, 0.1) is 31.6 Å². The van der Waals surface area contributed by atoms with Gasteiger partial charge in [0, 0.05) is 16.8 Å². The molecule has 0 spiro atoms. The number of rotatable bonds is 8. The molecule has 38 heavy (non-hydrogen) atoms. The molecule has 0 fully saturated rings. The molecule has 0 saturated heterocycles. The average molecular weight is 522 g/mol. The number of hydrogen-bond donors (Lipinski definition) is 3. The van der Waals surface area contributed by atoms with Crippen molar-refractivity contribution in [2.75, 3.05) is 12.4 Å². The van der Waals surface area contributed by atoms with E-state index in [2.05, 4.69) is 25.1 Å². The maximum absolute atomic E-state index is 12.6. The van der Waals surface area contributed by atoms with Crippen molar-refractivity contribution < 1.29 is 9.84 Å². The number of benzene rings is 3. The number of phenols is 1. The first-order valence-corrected chi connectivity index (χ1v) is 12.7. The first-order chi connectivity index (χ1) is 18.5. The van der Waals surface area contributed by atoms with Gasteiger partial charge in [-0.3, -0.25) is 4.79 Å². The fourth-order valence-corrected chi connectivity index (χ4v) is 4.78. The SMILES string of the molecule is [C-]#[N+]c1c(-c2cccc(OC)c2)nc(SCc2cccc(NCc3ccc4cccc(O)c4n3)c2)[nH]c1=O. The third kappa shape index (κ3) is 5.45. The highest BCUT2D eigenvalue weighted by molar-refractivity contribution is 7.98. The van der Waals surface area contributed by atoms with Crippen molar-refractivity contribution in [3.05, 3.63) is 112 Å². The molecule has 0 aliphatic carbocycles. The summed E-state index contributed by atoms with van der Waals surface area (Å²) in [6, 6.07) is 24.3. The monoisotopic (exact) mass is 521 g/mol. The van der Waals surface area contributed by atoms with Crippen LogP contribution in [-0.2, 0) is 12.3 Å². The Morgan fingerprint density at radius 2 is 1.89 bits per heavy atom. The molecule has 0 aliphatic rings. The van der Waals surface area contributed by atoms with E-state index in [1.54, 1.807) is 43.5 Å². The summed E-state index contributed by atoms with van der Waals surface area (Å²) < 4.78 is 5.28. The number of aromatic amines is 1. The van der Waals surface area contributed by atoms with Gasteiger partial charge in [-0.05, 0) is 47.5 Å². The number of anilines is 1. The fourth-order valence-electron chi connectivity index (χ4n) is 3.98. The second kappa shape index (κ2) is 11.1. The molecule has 0 unspecified atom stereocenters. The maximum Gasteiger partial charge on any atom is 0.276 e. The Bertz CT molecular complexity index is 1730. The third-order valence-electron chi connectivity index (χ3n) is 5.86. The lowest BCUT2D eigenvalue weighted by molar-refractivity contribution is 0.415. The number of pyridine rings is 1. The predicted molar refractivity (Wildman–Crippen MR) is 150 cm³/mol. The zero-order valence-corrected chi connectivity index (χ0v) is 21.2. The van der Waals surface area contributed by atoms with Gasteiger partial charge in [-0.1, -0.05) is 54.2 Å². The minimum atomic E-state index is -0.473. The average Bonchev–Trinajstić information content (AvgIpc) is 2.95. The first-order valence-electron chi connectivity index (χ1n) is 11.7. The first kappa shape index (κ1) is 24.9. The van der Waals surface area contributed by atoms with Crippen LogP contribution in [0, 0.1) is 6.57 Å². The standard InChI is InChI=1S/C29H23N5O3S/c1-30-27-26(20-8-4-10-23(15-20)37-2)33-29(34-28(27)36)38-17-18-6-3-9-21(14-18)31-16-22-13-12-19-7-5-11-24(35)25(19)32-22/h3-15,31,35H,16-17H2,2H3,(H,33,34,36). The highest BCUT2D eigenvalue weighted by Crippen LogP contribution is 2.30. The van der Waals surface area contributed by atoms with Crippen LogP contribution in [-0.4, -0.2) is 27.2 Å². The molecule has 0 atom stereocenters. The molecule has 0 saturated carbocycles. The molecular weight excluding hydrogens is 498 g/mol. The topological polar surface area (TPSA) is 104 Å². The second-order valence-electron chi connectivity index (χ2n) is 8.41. The fraction of sp³-hybridized carbons (Fsp3) is 0.103. The second-order valence-corrected chi connectivity index (χ2v) is 9.37. The van der Waals surface area contributed by atoms with Gasteiger partial charge in [-0.25, -0.2) is 14.8 Å². The van der Waals surface area contributed by atoms with Crippen LogP contribution in [0.3, 0.4) is 0 Å². The smallest absolute Gasteiger partial charge is 0.276 e. The van der Waals surface area contributed by atoms with Crippen molar-refractivity contribution in [3.63, 3.8) is 0 Å². The molecular formula is C29H23N5O3S. The van der Waals surface area contributed by atoms with E-state index in [9.17, 15) is 9.90 Å². The van der Waals surface area contributed by atoms with Crippen LogP contribution in [0.4, 0.5) is 11.4 Å². The molecule has 3 N–H and O–H groups in total. The van der Waals surface area contributed by atoms with Crippen molar-refractivity contribution in [1.82, 2.24) is 15.0 Å². The number of nitrogens with zero attached hydrogens (tertiary/aromatic N) is 3. The Hall–Kier alpha value is -4.81. The Morgan fingerprint density at radius 1 is 1.05 bits per heavy atom. The van der Waals surface area contributed by atoms with Crippen LogP contribution in [0.1, 0.15) is 11.3 Å². The number of nitrogens with one attached hydrogen (secondary N) is 2. The summed E-state index contributed by atoms with van der Waals surface area (Å²) in [5.41, 5.74) is 3.79. The molecule has 2 aromatic heterocycles. The van der Waals surface area contributed by atoms with E-state index >= 15 is 0 Å². The molecule has 0 amide bonds. The number of H-pyrrole nitrogens is 1. The van der Waals surface area contributed by atoms with Gasteiger partial charge in [0.25, 0.3) is 11.2 Å². The lowest BCUT2D eigenvalue weighted by atomic mass is 10.1. The molecule has 5 rings (SSSR count). The van der Waals surface area contributed by atoms with Gasteiger partial charge >= 0.3 is 0 Å². The highest BCUT2D eigenvalue weighted by Gasteiger charge is 2.15. The molecule has 0 aliphatic heterocycles. The molecule has 9 heteroatoms. The predicted octanol–water partition coefficient (Wildman–Crippen LogP) is 6.15. The van der Waals surface area contributed by atoms with E-state index in [4.69, 9.17) is 11.3 Å². The van der Waals surface area contributed by atoms with E-state index in [0.717, 1.165) is 22.3 Å².